The number of carbonyl (C=O) groups is 1. The molecule has 9 heteroatoms. The average Bonchev–Trinajstić information content (AvgIpc) is 3.45. The predicted octanol–water partition coefficient (Wildman–Crippen LogP) is 4.65. The van der Waals surface area contributed by atoms with Gasteiger partial charge in [0, 0.05) is 42.9 Å². The molecule has 1 aliphatic rings. The van der Waals surface area contributed by atoms with E-state index >= 15 is 0 Å². The smallest absolute Gasteiger partial charge is 0.287 e. The molecule has 1 aliphatic heterocycles. The van der Waals surface area contributed by atoms with Crippen LogP contribution in [0.2, 0.25) is 0 Å². The Morgan fingerprint density at radius 3 is 2.76 bits per heavy atom. The molecule has 0 radical (unpaired) electrons. The quantitative estimate of drug-likeness (QED) is 0.357. The van der Waals surface area contributed by atoms with E-state index in [1.54, 1.807) is 23.1 Å². The van der Waals surface area contributed by atoms with Gasteiger partial charge in [-0.3, -0.25) is 9.69 Å². The number of hydrogen-bond acceptors (Lipinski definition) is 8. The first-order valence-corrected chi connectivity index (χ1v) is 13.1. The molecule has 176 valence electrons. The molecule has 5 rings (SSSR count). The fraction of sp³-hybridized carbons (Fsp3) is 0.320. The molecular formula is C25H26N4O3S2. The Labute approximate surface area is 206 Å². The molecule has 1 N–H and O–H groups in total. The zero-order chi connectivity index (χ0) is 23.3. The minimum absolute atomic E-state index is 0.209. The van der Waals surface area contributed by atoms with Crippen molar-refractivity contribution < 1.29 is 13.9 Å². The van der Waals surface area contributed by atoms with E-state index in [0.717, 1.165) is 58.7 Å². The number of aryl methyl sites for hydroxylation is 1. The number of para-hydroxylation sites is 1. The third kappa shape index (κ3) is 5.50. The van der Waals surface area contributed by atoms with Crippen LogP contribution in [0.3, 0.4) is 0 Å². The molecular weight excluding hydrogens is 468 g/mol. The Kier molecular flexibility index (Phi) is 7.24. The third-order valence-corrected chi connectivity index (χ3v) is 7.70. The number of rotatable bonds is 8. The lowest BCUT2D eigenvalue weighted by Gasteiger charge is -2.26. The van der Waals surface area contributed by atoms with E-state index in [0.29, 0.717) is 23.6 Å². The van der Waals surface area contributed by atoms with Crippen LogP contribution in [0.5, 0.6) is 0 Å². The van der Waals surface area contributed by atoms with E-state index in [9.17, 15) is 4.79 Å². The van der Waals surface area contributed by atoms with Gasteiger partial charge in [-0.05, 0) is 24.1 Å². The molecule has 7 nitrogen and oxygen atoms in total. The van der Waals surface area contributed by atoms with E-state index in [1.807, 2.05) is 43.3 Å². The maximum absolute atomic E-state index is 13.2. The summed E-state index contributed by atoms with van der Waals surface area (Å²) in [5.74, 6) is 0.738. The molecule has 34 heavy (non-hydrogen) atoms. The number of nitrogens with one attached hydrogen (secondary N) is 1. The van der Waals surface area contributed by atoms with Crippen molar-refractivity contribution >= 4 is 40.0 Å². The molecule has 2 aromatic heterocycles. The largest absolute Gasteiger partial charge is 0.451 e. The van der Waals surface area contributed by atoms with Gasteiger partial charge in [0.15, 0.2) is 10.1 Å². The number of aromatic nitrogens is 2. The van der Waals surface area contributed by atoms with E-state index in [1.165, 1.54) is 5.56 Å². The molecule has 0 atom stereocenters. The normalized spacial score (nSPS) is 14.5. The van der Waals surface area contributed by atoms with Gasteiger partial charge in [0.2, 0.25) is 0 Å². The Bertz CT molecular complexity index is 1280. The van der Waals surface area contributed by atoms with Gasteiger partial charge >= 0.3 is 0 Å². The Hall–Kier alpha value is -2.72. The van der Waals surface area contributed by atoms with Crippen molar-refractivity contribution in [3.05, 3.63) is 76.0 Å². The first kappa shape index (κ1) is 23.0. The number of nitrogens with zero attached hydrogens (tertiary/aromatic N) is 3. The predicted molar refractivity (Wildman–Crippen MR) is 134 cm³/mol. The number of benzene rings is 2. The molecule has 1 amide bonds. The van der Waals surface area contributed by atoms with Gasteiger partial charge in [-0.2, -0.15) is 0 Å². The van der Waals surface area contributed by atoms with Crippen molar-refractivity contribution in [2.75, 3.05) is 26.3 Å². The van der Waals surface area contributed by atoms with E-state index in [-0.39, 0.29) is 5.91 Å². The summed E-state index contributed by atoms with van der Waals surface area (Å²) in [6.07, 6.45) is 0. The SMILES string of the molecule is Cc1nnc(SCc2c(C(=O)NCc3cccc(CN4CCOCC4)c3)oc3ccccc23)s1. The highest BCUT2D eigenvalue weighted by atomic mass is 32.2. The fourth-order valence-corrected chi connectivity index (χ4v) is 5.86. The van der Waals surface area contributed by atoms with Crippen LogP contribution in [-0.4, -0.2) is 47.3 Å². The standard InChI is InChI=1S/C25H26N4O3S2/c1-17-27-28-25(34-17)33-16-21-20-7-2-3-8-22(20)32-23(21)24(30)26-14-18-5-4-6-19(13-18)15-29-9-11-31-12-10-29/h2-8,13H,9-12,14-16H2,1H3,(H,26,30). The van der Waals surface area contributed by atoms with Crippen LogP contribution in [0, 0.1) is 6.92 Å². The molecule has 1 saturated heterocycles. The number of hydrogen-bond donors (Lipinski definition) is 1. The molecule has 4 aromatic rings. The summed E-state index contributed by atoms with van der Waals surface area (Å²) in [5, 5.41) is 13.2. The number of carbonyl (C=O) groups excluding carboxylic acids is 1. The van der Waals surface area contributed by atoms with Gasteiger partial charge in [0.05, 0.1) is 13.2 Å². The lowest BCUT2D eigenvalue weighted by Crippen LogP contribution is -2.35. The summed E-state index contributed by atoms with van der Waals surface area (Å²) in [4.78, 5) is 15.6. The molecule has 0 aliphatic carbocycles. The molecule has 1 fully saturated rings. The van der Waals surface area contributed by atoms with Crippen molar-refractivity contribution in [3.8, 4) is 0 Å². The first-order chi connectivity index (χ1) is 16.7. The second-order valence-electron chi connectivity index (χ2n) is 8.17. The Morgan fingerprint density at radius 2 is 1.94 bits per heavy atom. The fourth-order valence-electron chi connectivity index (χ4n) is 4.01. The topological polar surface area (TPSA) is 80.5 Å². The zero-order valence-corrected chi connectivity index (χ0v) is 20.6. The van der Waals surface area contributed by atoms with E-state index in [4.69, 9.17) is 9.15 Å². The van der Waals surface area contributed by atoms with Gasteiger partial charge in [-0.1, -0.05) is 65.6 Å². The summed E-state index contributed by atoms with van der Waals surface area (Å²) in [7, 11) is 0. The number of thioether (sulfide) groups is 1. The molecule has 0 spiro atoms. The molecule has 3 heterocycles. The van der Waals surface area contributed by atoms with Crippen LogP contribution >= 0.6 is 23.1 Å². The summed E-state index contributed by atoms with van der Waals surface area (Å²) >= 11 is 3.12. The van der Waals surface area contributed by atoms with Crippen molar-refractivity contribution in [1.82, 2.24) is 20.4 Å². The summed E-state index contributed by atoms with van der Waals surface area (Å²) in [5.41, 5.74) is 3.90. The second-order valence-corrected chi connectivity index (χ2v) is 10.6. The lowest BCUT2D eigenvalue weighted by molar-refractivity contribution is 0.0342. The number of amides is 1. The lowest BCUT2D eigenvalue weighted by atomic mass is 10.1. The van der Waals surface area contributed by atoms with Crippen LogP contribution < -0.4 is 5.32 Å². The van der Waals surface area contributed by atoms with Gasteiger partial charge in [-0.15, -0.1) is 10.2 Å². The molecule has 0 bridgehead atoms. The maximum Gasteiger partial charge on any atom is 0.287 e. The van der Waals surface area contributed by atoms with Gasteiger partial charge in [0.1, 0.15) is 10.6 Å². The average molecular weight is 495 g/mol. The molecule has 2 aromatic carbocycles. The maximum atomic E-state index is 13.2. The highest BCUT2D eigenvalue weighted by Gasteiger charge is 2.21. The minimum Gasteiger partial charge on any atom is -0.451 e. The Morgan fingerprint density at radius 1 is 1.12 bits per heavy atom. The zero-order valence-electron chi connectivity index (χ0n) is 19.0. The van der Waals surface area contributed by atoms with Crippen LogP contribution in [0.4, 0.5) is 0 Å². The first-order valence-electron chi connectivity index (χ1n) is 11.2. The number of fused-ring (bicyclic) bond motifs is 1. The van der Waals surface area contributed by atoms with Crippen molar-refractivity contribution in [2.24, 2.45) is 0 Å². The van der Waals surface area contributed by atoms with Crippen LogP contribution in [0.15, 0.2) is 57.3 Å². The number of morpholine rings is 1. The van der Waals surface area contributed by atoms with Crippen LogP contribution in [0.25, 0.3) is 11.0 Å². The summed E-state index contributed by atoms with van der Waals surface area (Å²) < 4.78 is 12.3. The second kappa shape index (κ2) is 10.7. The highest BCUT2D eigenvalue weighted by molar-refractivity contribution is 8.00. The van der Waals surface area contributed by atoms with E-state index in [2.05, 4.69) is 32.5 Å². The summed E-state index contributed by atoms with van der Waals surface area (Å²) in [6.45, 7) is 6.73. The molecule has 0 unspecified atom stereocenters. The van der Waals surface area contributed by atoms with Crippen molar-refractivity contribution in [2.45, 2.75) is 30.1 Å². The van der Waals surface area contributed by atoms with E-state index < -0.39 is 0 Å². The van der Waals surface area contributed by atoms with Crippen LogP contribution in [0.1, 0.15) is 32.3 Å². The minimum atomic E-state index is -0.209. The van der Waals surface area contributed by atoms with Crippen molar-refractivity contribution in [1.29, 1.82) is 0 Å². The highest BCUT2D eigenvalue weighted by Crippen LogP contribution is 2.33. The monoisotopic (exact) mass is 494 g/mol. The third-order valence-electron chi connectivity index (χ3n) is 5.71. The van der Waals surface area contributed by atoms with Gasteiger partial charge < -0.3 is 14.5 Å². The summed E-state index contributed by atoms with van der Waals surface area (Å²) in [6, 6.07) is 16.1. The number of ether oxygens (including phenoxy) is 1. The van der Waals surface area contributed by atoms with Crippen molar-refractivity contribution in [3.63, 3.8) is 0 Å². The number of furan rings is 1. The molecule has 0 saturated carbocycles. The van der Waals surface area contributed by atoms with Gasteiger partial charge in [0.25, 0.3) is 5.91 Å². The van der Waals surface area contributed by atoms with Crippen LogP contribution in [-0.2, 0) is 23.6 Å². The Balaban J connectivity index is 1.28. The van der Waals surface area contributed by atoms with Gasteiger partial charge in [-0.25, -0.2) is 0 Å².